The molecule has 0 radical (unpaired) electrons. The average molecular weight is 469 g/mol. The van der Waals surface area contributed by atoms with Crippen molar-refractivity contribution in [3.05, 3.63) is 77.4 Å². The van der Waals surface area contributed by atoms with Crippen molar-refractivity contribution in [3.63, 3.8) is 0 Å². The molecule has 3 fully saturated rings. The normalized spacial score (nSPS) is 37.3. The zero-order valence-corrected chi connectivity index (χ0v) is 20.9. The fourth-order valence-corrected chi connectivity index (χ4v) is 7.93. The van der Waals surface area contributed by atoms with Crippen molar-refractivity contribution in [2.45, 2.75) is 64.9 Å². The van der Waals surface area contributed by atoms with Crippen molar-refractivity contribution >= 4 is 11.9 Å². The number of allylic oxidation sites excluding steroid dienone is 2. The van der Waals surface area contributed by atoms with E-state index in [0.717, 1.165) is 67.6 Å². The summed E-state index contributed by atoms with van der Waals surface area (Å²) >= 11 is 0. The molecular formula is C32H36O3. The van der Waals surface area contributed by atoms with Crippen LogP contribution in [0.15, 0.2) is 71.8 Å². The number of ketones is 1. The Morgan fingerprint density at radius 1 is 0.914 bits per heavy atom. The van der Waals surface area contributed by atoms with Crippen LogP contribution in [0, 0.1) is 28.6 Å². The molecule has 0 saturated heterocycles. The van der Waals surface area contributed by atoms with E-state index in [0.29, 0.717) is 23.5 Å². The third kappa shape index (κ3) is 3.80. The first-order chi connectivity index (χ1) is 16.9. The highest BCUT2D eigenvalue weighted by atomic mass is 16.5. The Morgan fingerprint density at radius 3 is 2.51 bits per heavy atom. The summed E-state index contributed by atoms with van der Waals surface area (Å²) in [5.74, 6) is 3.55. The highest BCUT2D eigenvalue weighted by Crippen LogP contribution is 2.64. The lowest BCUT2D eigenvalue weighted by molar-refractivity contribution is -0.130. The molecule has 2 aromatic carbocycles. The molecule has 6 atom stereocenters. The molecule has 35 heavy (non-hydrogen) atoms. The molecule has 182 valence electrons. The SMILES string of the molecule is C[C@]12CC[C@H](O)CC1=CC[C@@H]1[C@@H]2CC[C@]2(C)C(=O)/C(=C/c3cccc(Oc4ccccc4)c3)C[C@@H]12. The van der Waals surface area contributed by atoms with Crippen LogP contribution in [0.3, 0.4) is 0 Å². The van der Waals surface area contributed by atoms with Gasteiger partial charge in [-0.1, -0.05) is 55.8 Å². The maximum Gasteiger partial charge on any atom is 0.165 e. The minimum Gasteiger partial charge on any atom is -0.457 e. The van der Waals surface area contributed by atoms with Gasteiger partial charge in [0.1, 0.15) is 11.5 Å². The Morgan fingerprint density at radius 2 is 1.69 bits per heavy atom. The van der Waals surface area contributed by atoms with Crippen LogP contribution in [0.5, 0.6) is 11.5 Å². The fraction of sp³-hybridized carbons (Fsp3) is 0.469. The lowest BCUT2D eigenvalue weighted by Crippen LogP contribution is -2.50. The van der Waals surface area contributed by atoms with Crippen molar-refractivity contribution in [1.82, 2.24) is 0 Å². The number of aliphatic hydroxyl groups excluding tert-OH is 1. The number of fused-ring (bicyclic) bond motifs is 5. The maximum absolute atomic E-state index is 13.8. The molecule has 4 aliphatic carbocycles. The second-order valence-corrected chi connectivity index (χ2v) is 11.8. The number of benzene rings is 2. The number of rotatable bonds is 3. The van der Waals surface area contributed by atoms with Crippen molar-refractivity contribution in [2.75, 3.05) is 0 Å². The summed E-state index contributed by atoms with van der Waals surface area (Å²) in [6.45, 7) is 4.67. The molecule has 0 aromatic heterocycles. The van der Waals surface area contributed by atoms with Crippen LogP contribution in [-0.2, 0) is 4.79 Å². The van der Waals surface area contributed by atoms with Crippen LogP contribution in [0.25, 0.3) is 6.08 Å². The number of carbonyl (C=O) groups excluding carboxylic acids is 1. The van der Waals surface area contributed by atoms with Gasteiger partial charge in [0.25, 0.3) is 0 Å². The minimum atomic E-state index is -0.249. The summed E-state index contributed by atoms with van der Waals surface area (Å²) < 4.78 is 6.03. The average Bonchev–Trinajstić information content (AvgIpc) is 3.10. The van der Waals surface area contributed by atoms with Gasteiger partial charge in [-0.15, -0.1) is 0 Å². The molecule has 3 saturated carbocycles. The molecule has 0 amide bonds. The van der Waals surface area contributed by atoms with Crippen LogP contribution in [0.4, 0.5) is 0 Å². The van der Waals surface area contributed by atoms with Crippen molar-refractivity contribution in [3.8, 4) is 11.5 Å². The lowest BCUT2D eigenvalue weighted by atomic mass is 9.48. The molecule has 6 rings (SSSR count). The molecule has 3 nitrogen and oxygen atoms in total. The first-order valence-electron chi connectivity index (χ1n) is 13.3. The molecule has 0 aliphatic heterocycles. The molecule has 0 unspecified atom stereocenters. The molecule has 4 aliphatic rings. The van der Waals surface area contributed by atoms with Crippen LogP contribution < -0.4 is 4.74 Å². The molecular weight excluding hydrogens is 432 g/mol. The molecule has 0 heterocycles. The van der Waals surface area contributed by atoms with Gasteiger partial charge in [0.05, 0.1) is 6.10 Å². The van der Waals surface area contributed by atoms with E-state index in [4.69, 9.17) is 4.74 Å². The second-order valence-electron chi connectivity index (χ2n) is 11.8. The lowest BCUT2D eigenvalue weighted by Gasteiger charge is -2.56. The summed E-state index contributed by atoms with van der Waals surface area (Å²) in [5.41, 5.74) is 3.44. The summed E-state index contributed by atoms with van der Waals surface area (Å²) in [7, 11) is 0. The van der Waals surface area contributed by atoms with E-state index in [1.54, 1.807) is 0 Å². The van der Waals surface area contributed by atoms with Gasteiger partial charge < -0.3 is 9.84 Å². The number of aliphatic hydroxyl groups is 1. The number of Topliss-reactive ketones (excluding diaryl/α,β-unsaturated/α-hetero) is 1. The van der Waals surface area contributed by atoms with Crippen molar-refractivity contribution in [1.29, 1.82) is 0 Å². The Kier molecular flexibility index (Phi) is 5.52. The van der Waals surface area contributed by atoms with Crippen LogP contribution >= 0.6 is 0 Å². The molecule has 2 aromatic rings. The van der Waals surface area contributed by atoms with Crippen LogP contribution in [0.2, 0.25) is 0 Å². The largest absolute Gasteiger partial charge is 0.457 e. The third-order valence-electron chi connectivity index (χ3n) is 9.90. The van der Waals surface area contributed by atoms with Gasteiger partial charge in [0.15, 0.2) is 5.78 Å². The summed E-state index contributed by atoms with van der Waals surface area (Å²) in [6, 6.07) is 17.9. The number of para-hydroxylation sites is 1. The highest BCUT2D eigenvalue weighted by Gasteiger charge is 2.59. The number of hydrogen-bond acceptors (Lipinski definition) is 3. The Hall–Kier alpha value is -2.65. The van der Waals surface area contributed by atoms with Crippen molar-refractivity contribution in [2.24, 2.45) is 28.6 Å². The van der Waals surface area contributed by atoms with Gasteiger partial charge in [0, 0.05) is 5.41 Å². The van der Waals surface area contributed by atoms with E-state index in [2.05, 4.69) is 32.1 Å². The van der Waals surface area contributed by atoms with E-state index >= 15 is 0 Å². The zero-order valence-electron chi connectivity index (χ0n) is 20.9. The zero-order chi connectivity index (χ0) is 24.2. The van der Waals surface area contributed by atoms with Gasteiger partial charge in [-0.3, -0.25) is 4.79 Å². The predicted octanol–water partition coefficient (Wildman–Crippen LogP) is 7.37. The van der Waals surface area contributed by atoms with E-state index in [1.165, 1.54) is 5.57 Å². The summed E-state index contributed by atoms with van der Waals surface area (Å²) in [6.07, 6.45) is 11.2. The van der Waals surface area contributed by atoms with Crippen LogP contribution in [0.1, 0.15) is 64.4 Å². The van der Waals surface area contributed by atoms with E-state index < -0.39 is 0 Å². The second kappa shape index (κ2) is 8.48. The Bertz CT molecular complexity index is 1190. The first kappa shape index (κ1) is 22.8. The monoisotopic (exact) mass is 468 g/mol. The van der Waals surface area contributed by atoms with Gasteiger partial charge >= 0.3 is 0 Å². The number of carbonyl (C=O) groups is 1. The maximum atomic E-state index is 13.8. The quantitative estimate of drug-likeness (QED) is 0.378. The third-order valence-corrected chi connectivity index (χ3v) is 9.90. The van der Waals surface area contributed by atoms with Gasteiger partial charge in [-0.25, -0.2) is 0 Å². The Labute approximate surface area is 208 Å². The summed E-state index contributed by atoms with van der Waals surface area (Å²) in [5, 5.41) is 10.3. The van der Waals surface area contributed by atoms with E-state index in [9.17, 15) is 9.90 Å². The molecule has 0 spiro atoms. The van der Waals surface area contributed by atoms with Gasteiger partial charge in [-0.2, -0.15) is 0 Å². The standard InChI is InChI=1S/C32H36O3/c1-31-15-13-24(33)20-23(31)11-12-27-28(31)14-16-32(2)29(27)19-22(30(32)34)17-21-7-6-10-26(18-21)35-25-8-4-3-5-9-25/h3-11,17-18,24,27-29,33H,12-16,19-20H2,1-2H3/b22-17+/t24-,27+,28-,29-,31-,32-/m0/s1. The molecule has 1 N–H and O–H groups in total. The van der Waals surface area contributed by atoms with Gasteiger partial charge in [-0.05, 0) is 110 Å². The Balaban J connectivity index is 1.27. The summed E-state index contributed by atoms with van der Waals surface area (Å²) in [4.78, 5) is 13.8. The van der Waals surface area contributed by atoms with Crippen molar-refractivity contribution < 1.29 is 14.6 Å². The highest BCUT2D eigenvalue weighted by molar-refractivity contribution is 6.06. The smallest absolute Gasteiger partial charge is 0.165 e. The number of hydrogen-bond donors (Lipinski definition) is 1. The van der Waals surface area contributed by atoms with E-state index in [1.807, 2.05) is 48.5 Å². The topological polar surface area (TPSA) is 46.5 Å². The minimum absolute atomic E-state index is 0.177. The first-order valence-corrected chi connectivity index (χ1v) is 13.3. The fourth-order valence-electron chi connectivity index (χ4n) is 7.93. The number of ether oxygens (including phenoxy) is 1. The molecule has 0 bridgehead atoms. The van der Waals surface area contributed by atoms with Gasteiger partial charge in [0.2, 0.25) is 0 Å². The predicted molar refractivity (Wildman–Crippen MR) is 139 cm³/mol. The molecule has 3 heteroatoms. The van der Waals surface area contributed by atoms with Crippen LogP contribution in [-0.4, -0.2) is 17.0 Å². The van der Waals surface area contributed by atoms with E-state index in [-0.39, 0.29) is 16.9 Å².